The number of benzene rings is 1. The summed E-state index contributed by atoms with van der Waals surface area (Å²) >= 11 is 5.93. The molecule has 88 valence electrons. The second-order valence-electron chi connectivity index (χ2n) is 4.14. The highest BCUT2D eigenvalue weighted by molar-refractivity contribution is 6.32. The summed E-state index contributed by atoms with van der Waals surface area (Å²) in [6.45, 7) is 1.46. The topological polar surface area (TPSA) is 64.3 Å². The van der Waals surface area contributed by atoms with Crippen LogP contribution in [0.15, 0.2) is 18.2 Å². The monoisotopic (exact) mass is 250 g/mol. The molecular weight excluding hydrogens is 240 g/mol. The molecular formula is C12H11ClN2O2. The molecule has 0 amide bonds. The fraction of sp³-hybridized carbons (Fsp3) is 0.333. The molecule has 0 bridgehead atoms. The number of nitriles is 1. The van der Waals surface area contributed by atoms with E-state index in [9.17, 15) is 4.79 Å². The van der Waals surface area contributed by atoms with Gasteiger partial charge in [0, 0.05) is 24.7 Å². The molecule has 5 heteroatoms. The quantitative estimate of drug-likeness (QED) is 0.893. The van der Waals surface area contributed by atoms with Crippen molar-refractivity contribution in [1.82, 2.24) is 0 Å². The Balaban J connectivity index is 2.00. The number of halogens is 1. The molecule has 17 heavy (non-hydrogen) atoms. The van der Waals surface area contributed by atoms with E-state index in [0.29, 0.717) is 10.6 Å². The molecule has 0 atom stereocenters. The molecule has 0 radical (unpaired) electrons. The summed E-state index contributed by atoms with van der Waals surface area (Å²) in [5.74, 6) is -0.547. The molecule has 1 aliphatic rings. The van der Waals surface area contributed by atoms with Crippen LogP contribution in [-0.4, -0.2) is 24.2 Å². The average Bonchev–Trinajstić information content (AvgIpc) is 2.22. The molecule has 0 aliphatic carbocycles. The highest BCUT2D eigenvalue weighted by Crippen LogP contribution is 2.29. The smallest absolute Gasteiger partial charge is 0.303 e. The molecule has 1 N–H and O–H groups in total. The van der Waals surface area contributed by atoms with Crippen LogP contribution in [0.4, 0.5) is 5.69 Å². The fourth-order valence-electron chi connectivity index (χ4n) is 1.95. The highest BCUT2D eigenvalue weighted by Gasteiger charge is 2.28. The summed E-state index contributed by atoms with van der Waals surface area (Å²) in [5.41, 5.74) is 1.40. The lowest BCUT2D eigenvalue weighted by Crippen LogP contribution is -2.47. The maximum absolute atomic E-state index is 10.5. The Morgan fingerprint density at radius 1 is 1.59 bits per heavy atom. The van der Waals surface area contributed by atoms with Gasteiger partial charge in [-0.3, -0.25) is 4.79 Å². The SMILES string of the molecule is N#Cc1ccc(N2CC(CC(=O)O)C2)cc1Cl. The zero-order chi connectivity index (χ0) is 12.4. The fourth-order valence-corrected chi connectivity index (χ4v) is 2.17. The Kier molecular flexibility index (Phi) is 3.21. The van der Waals surface area contributed by atoms with E-state index < -0.39 is 5.97 Å². The largest absolute Gasteiger partial charge is 0.481 e. The van der Waals surface area contributed by atoms with Gasteiger partial charge in [-0.15, -0.1) is 0 Å². The lowest BCUT2D eigenvalue weighted by atomic mass is 9.95. The van der Waals surface area contributed by atoms with Crippen molar-refractivity contribution in [2.75, 3.05) is 18.0 Å². The summed E-state index contributed by atoms with van der Waals surface area (Å²) in [5, 5.41) is 17.8. The first-order chi connectivity index (χ1) is 8.10. The number of nitrogens with zero attached hydrogens (tertiary/aromatic N) is 2. The summed E-state index contributed by atoms with van der Waals surface area (Å²) in [7, 11) is 0. The zero-order valence-corrected chi connectivity index (χ0v) is 9.81. The molecule has 0 spiro atoms. The van der Waals surface area contributed by atoms with Crippen molar-refractivity contribution >= 4 is 23.3 Å². The summed E-state index contributed by atoms with van der Waals surface area (Å²) < 4.78 is 0. The molecule has 2 rings (SSSR count). The van der Waals surface area contributed by atoms with Crippen molar-refractivity contribution in [2.24, 2.45) is 5.92 Å². The van der Waals surface area contributed by atoms with E-state index in [2.05, 4.69) is 4.90 Å². The molecule has 4 nitrogen and oxygen atoms in total. The van der Waals surface area contributed by atoms with Gasteiger partial charge in [-0.25, -0.2) is 0 Å². The number of hydrogen-bond acceptors (Lipinski definition) is 3. The molecule has 1 aromatic carbocycles. The van der Waals surface area contributed by atoms with Gasteiger partial charge < -0.3 is 10.0 Å². The van der Waals surface area contributed by atoms with Crippen molar-refractivity contribution in [3.63, 3.8) is 0 Å². The highest BCUT2D eigenvalue weighted by atomic mass is 35.5. The van der Waals surface area contributed by atoms with Crippen LogP contribution in [0.2, 0.25) is 5.02 Å². The van der Waals surface area contributed by atoms with Crippen LogP contribution < -0.4 is 4.90 Å². The van der Waals surface area contributed by atoms with Gasteiger partial charge in [0.05, 0.1) is 17.0 Å². The van der Waals surface area contributed by atoms with E-state index >= 15 is 0 Å². The lowest BCUT2D eigenvalue weighted by Gasteiger charge is -2.40. The first-order valence-corrected chi connectivity index (χ1v) is 5.64. The number of anilines is 1. The van der Waals surface area contributed by atoms with Gasteiger partial charge in [-0.1, -0.05) is 11.6 Å². The molecule has 1 saturated heterocycles. The summed E-state index contributed by atoms with van der Waals surface area (Å²) in [6, 6.07) is 7.27. The van der Waals surface area contributed by atoms with Gasteiger partial charge in [-0.05, 0) is 18.2 Å². The first-order valence-electron chi connectivity index (χ1n) is 5.26. The van der Waals surface area contributed by atoms with Gasteiger partial charge in [-0.2, -0.15) is 5.26 Å². The second kappa shape index (κ2) is 4.64. The number of carbonyl (C=O) groups is 1. The van der Waals surface area contributed by atoms with Crippen LogP contribution in [0.5, 0.6) is 0 Å². The Labute approximate surface area is 104 Å². The van der Waals surface area contributed by atoms with Gasteiger partial charge in [0.15, 0.2) is 0 Å². The van der Waals surface area contributed by atoms with Gasteiger partial charge >= 0.3 is 5.97 Å². The predicted molar refractivity (Wildman–Crippen MR) is 64.1 cm³/mol. The third kappa shape index (κ3) is 2.51. The van der Waals surface area contributed by atoms with Crippen molar-refractivity contribution in [2.45, 2.75) is 6.42 Å². The minimum Gasteiger partial charge on any atom is -0.481 e. The van der Waals surface area contributed by atoms with E-state index in [1.165, 1.54) is 0 Å². The van der Waals surface area contributed by atoms with E-state index in [1.807, 2.05) is 12.1 Å². The zero-order valence-electron chi connectivity index (χ0n) is 9.06. The summed E-state index contributed by atoms with van der Waals surface area (Å²) in [4.78, 5) is 12.6. The number of rotatable bonds is 3. The van der Waals surface area contributed by atoms with E-state index in [0.717, 1.165) is 18.8 Å². The van der Waals surface area contributed by atoms with Crippen LogP contribution in [0, 0.1) is 17.2 Å². The molecule has 0 unspecified atom stereocenters. The average molecular weight is 251 g/mol. The Bertz CT molecular complexity index is 490. The predicted octanol–water partition coefficient (Wildman–Crippen LogP) is 2.12. The van der Waals surface area contributed by atoms with Gasteiger partial charge in [0.1, 0.15) is 6.07 Å². The molecule has 1 heterocycles. The van der Waals surface area contributed by atoms with E-state index in [4.69, 9.17) is 22.0 Å². The molecule has 1 aromatic rings. The van der Waals surface area contributed by atoms with Gasteiger partial charge in [0.2, 0.25) is 0 Å². The number of hydrogen-bond donors (Lipinski definition) is 1. The first kappa shape index (κ1) is 11.7. The Hall–Kier alpha value is -1.73. The number of carboxylic acids is 1. The molecule has 1 aliphatic heterocycles. The Morgan fingerprint density at radius 2 is 2.29 bits per heavy atom. The van der Waals surface area contributed by atoms with Gasteiger partial charge in [0.25, 0.3) is 0 Å². The van der Waals surface area contributed by atoms with Crippen LogP contribution in [0.25, 0.3) is 0 Å². The van der Waals surface area contributed by atoms with E-state index in [-0.39, 0.29) is 12.3 Å². The van der Waals surface area contributed by atoms with Crippen LogP contribution >= 0.6 is 11.6 Å². The van der Waals surface area contributed by atoms with Crippen LogP contribution in [0.3, 0.4) is 0 Å². The molecule has 0 aromatic heterocycles. The minimum atomic E-state index is -0.757. The second-order valence-corrected chi connectivity index (χ2v) is 4.55. The number of aliphatic carboxylic acids is 1. The normalized spacial score (nSPS) is 15.2. The van der Waals surface area contributed by atoms with Crippen molar-refractivity contribution < 1.29 is 9.90 Å². The third-order valence-electron chi connectivity index (χ3n) is 2.86. The lowest BCUT2D eigenvalue weighted by molar-refractivity contribution is -0.138. The maximum atomic E-state index is 10.5. The Morgan fingerprint density at radius 3 is 2.82 bits per heavy atom. The van der Waals surface area contributed by atoms with Crippen LogP contribution in [-0.2, 0) is 4.79 Å². The summed E-state index contributed by atoms with van der Waals surface area (Å²) in [6.07, 6.45) is 0.209. The van der Waals surface area contributed by atoms with Crippen molar-refractivity contribution in [1.29, 1.82) is 5.26 Å². The van der Waals surface area contributed by atoms with Crippen molar-refractivity contribution in [3.8, 4) is 6.07 Å². The van der Waals surface area contributed by atoms with E-state index in [1.54, 1.807) is 12.1 Å². The molecule has 0 saturated carbocycles. The maximum Gasteiger partial charge on any atom is 0.303 e. The standard InChI is InChI=1S/C12H11ClN2O2/c13-11-4-10(2-1-9(11)5-14)15-6-8(7-15)3-12(16)17/h1-2,4,8H,3,6-7H2,(H,16,17). The minimum absolute atomic E-state index is 0.209. The van der Waals surface area contributed by atoms with Crippen LogP contribution in [0.1, 0.15) is 12.0 Å². The molecule has 1 fully saturated rings. The van der Waals surface area contributed by atoms with Crippen molar-refractivity contribution in [3.05, 3.63) is 28.8 Å². The third-order valence-corrected chi connectivity index (χ3v) is 3.17. The number of carboxylic acid groups (broad SMARTS) is 1.